The predicted molar refractivity (Wildman–Crippen MR) is 99.2 cm³/mol. The van der Waals surface area contributed by atoms with Crippen LogP contribution in [0.5, 0.6) is 5.75 Å². The molecule has 2 aromatic rings. The van der Waals surface area contributed by atoms with Crippen LogP contribution in [-0.2, 0) is 15.7 Å². The molecule has 28 heavy (non-hydrogen) atoms. The number of hydrogen-bond acceptors (Lipinski definition) is 4. The van der Waals surface area contributed by atoms with Crippen molar-refractivity contribution in [3.8, 4) is 5.75 Å². The van der Waals surface area contributed by atoms with E-state index in [9.17, 15) is 22.4 Å². The number of carbonyl (C=O) groups excluding carboxylic acids is 1. The summed E-state index contributed by atoms with van der Waals surface area (Å²) in [5.41, 5.74) is -0.940. The molecule has 0 atom stereocenters. The van der Waals surface area contributed by atoms with Crippen LogP contribution in [0.25, 0.3) is 0 Å². The SMILES string of the molecule is COCCOc1ccc(C(F)(F)F)cc1NC(=O)CCSc1ccc(F)cc1. The highest BCUT2D eigenvalue weighted by Crippen LogP contribution is 2.35. The van der Waals surface area contributed by atoms with E-state index in [1.807, 2.05) is 0 Å². The molecule has 0 spiro atoms. The number of benzene rings is 2. The third-order valence-corrected chi connectivity index (χ3v) is 4.55. The molecule has 0 bridgehead atoms. The summed E-state index contributed by atoms with van der Waals surface area (Å²) in [6.07, 6.45) is -4.47. The van der Waals surface area contributed by atoms with Crippen molar-refractivity contribution < 1.29 is 31.8 Å². The van der Waals surface area contributed by atoms with Crippen LogP contribution in [-0.4, -0.2) is 32.0 Å². The van der Waals surface area contributed by atoms with E-state index in [4.69, 9.17) is 9.47 Å². The maximum absolute atomic E-state index is 13.0. The van der Waals surface area contributed by atoms with Gasteiger partial charge in [-0.25, -0.2) is 4.39 Å². The molecule has 152 valence electrons. The third kappa shape index (κ3) is 7.05. The zero-order chi connectivity index (χ0) is 20.6. The molecule has 0 fully saturated rings. The number of anilines is 1. The summed E-state index contributed by atoms with van der Waals surface area (Å²) in [4.78, 5) is 12.9. The Labute approximate surface area is 164 Å². The number of nitrogens with one attached hydrogen (secondary N) is 1. The number of halogens is 4. The Bertz CT molecular complexity index is 782. The van der Waals surface area contributed by atoms with Gasteiger partial charge in [-0.05, 0) is 42.5 Å². The van der Waals surface area contributed by atoms with Gasteiger partial charge in [0.2, 0.25) is 5.91 Å². The predicted octanol–water partition coefficient (Wildman–Crippen LogP) is 4.99. The lowest BCUT2D eigenvalue weighted by molar-refractivity contribution is -0.137. The Morgan fingerprint density at radius 1 is 1.11 bits per heavy atom. The van der Waals surface area contributed by atoms with Gasteiger partial charge in [0, 0.05) is 24.2 Å². The van der Waals surface area contributed by atoms with Gasteiger partial charge in [0.15, 0.2) is 0 Å². The number of amides is 1. The quantitative estimate of drug-likeness (QED) is 0.355. The van der Waals surface area contributed by atoms with Crippen LogP contribution >= 0.6 is 11.8 Å². The van der Waals surface area contributed by atoms with Gasteiger partial charge in [-0.1, -0.05) is 0 Å². The van der Waals surface area contributed by atoms with E-state index in [-0.39, 0.29) is 36.9 Å². The first-order valence-electron chi connectivity index (χ1n) is 8.31. The number of alkyl halides is 3. The van der Waals surface area contributed by atoms with E-state index in [2.05, 4.69) is 5.32 Å². The van der Waals surface area contributed by atoms with E-state index in [0.717, 1.165) is 17.0 Å². The second-order valence-electron chi connectivity index (χ2n) is 5.65. The van der Waals surface area contributed by atoms with Gasteiger partial charge in [0.05, 0.1) is 17.9 Å². The van der Waals surface area contributed by atoms with Crippen molar-refractivity contribution in [3.63, 3.8) is 0 Å². The molecule has 1 amide bonds. The fourth-order valence-corrected chi connectivity index (χ4v) is 3.02. The van der Waals surface area contributed by atoms with E-state index >= 15 is 0 Å². The van der Waals surface area contributed by atoms with Gasteiger partial charge >= 0.3 is 6.18 Å². The van der Waals surface area contributed by atoms with Crippen LogP contribution in [0.1, 0.15) is 12.0 Å². The van der Waals surface area contributed by atoms with Gasteiger partial charge < -0.3 is 14.8 Å². The summed E-state index contributed by atoms with van der Waals surface area (Å²) in [6, 6.07) is 8.71. The molecular weight excluding hydrogens is 398 g/mol. The van der Waals surface area contributed by atoms with E-state index < -0.39 is 17.6 Å². The molecule has 0 unspecified atom stereocenters. The van der Waals surface area contributed by atoms with Crippen molar-refractivity contribution in [3.05, 3.63) is 53.8 Å². The van der Waals surface area contributed by atoms with Crippen LogP contribution in [0.3, 0.4) is 0 Å². The zero-order valence-corrected chi connectivity index (χ0v) is 15.8. The number of ether oxygens (including phenoxy) is 2. The molecule has 0 aliphatic rings. The van der Waals surface area contributed by atoms with Gasteiger partial charge in [0.25, 0.3) is 0 Å². The van der Waals surface area contributed by atoms with Crippen LogP contribution in [0.4, 0.5) is 23.2 Å². The van der Waals surface area contributed by atoms with Crippen LogP contribution in [0.2, 0.25) is 0 Å². The van der Waals surface area contributed by atoms with Crippen molar-refractivity contribution in [1.29, 1.82) is 0 Å². The number of hydrogen-bond donors (Lipinski definition) is 1. The summed E-state index contributed by atoms with van der Waals surface area (Å²) in [5.74, 6) is -0.293. The zero-order valence-electron chi connectivity index (χ0n) is 15.0. The molecule has 4 nitrogen and oxygen atoms in total. The molecule has 0 radical (unpaired) electrons. The van der Waals surface area contributed by atoms with Crippen LogP contribution < -0.4 is 10.1 Å². The van der Waals surface area contributed by atoms with E-state index in [0.29, 0.717) is 5.75 Å². The summed E-state index contributed by atoms with van der Waals surface area (Å²) in [7, 11) is 1.47. The lowest BCUT2D eigenvalue weighted by Gasteiger charge is -2.15. The normalized spacial score (nSPS) is 11.3. The highest BCUT2D eigenvalue weighted by atomic mass is 32.2. The van der Waals surface area contributed by atoms with Crippen molar-refractivity contribution in [2.45, 2.75) is 17.5 Å². The van der Waals surface area contributed by atoms with E-state index in [1.165, 1.54) is 37.1 Å². The van der Waals surface area contributed by atoms with Crippen molar-refractivity contribution in [2.75, 3.05) is 31.4 Å². The minimum atomic E-state index is -4.54. The Balaban J connectivity index is 2.00. The van der Waals surface area contributed by atoms with Gasteiger partial charge in [-0.2, -0.15) is 13.2 Å². The first-order chi connectivity index (χ1) is 13.3. The highest BCUT2D eigenvalue weighted by Gasteiger charge is 2.31. The smallest absolute Gasteiger partial charge is 0.416 e. The molecule has 9 heteroatoms. The standard InChI is InChI=1S/C19H19F4NO3S/c1-26-9-10-27-17-7-2-13(19(21,22)23)12-16(17)24-18(25)8-11-28-15-5-3-14(20)4-6-15/h2-7,12H,8-11H2,1H3,(H,24,25). The largest absolute Gasteiger partial charge is 0.489 e. The second kappa shape index (κ2) is 10.3. The van der Waals surface area contributed by atoms with Crippen molar-refractivity contribution >= 4 is 23.4 Å². The van der Waals surface area contributed by atoms with Crippen molar-refractivity contribution in [1.82, 2.24) is 0 Å². The minimum absolute atomic E-state index is 0.0530. The van der Waals surface area contributed by atoms with Gasteiger partial charge in [-0.3, -0.25) is 4.79 Å². The number of rotatable bonds is 9. The molecule has 0 aromatic heterocycles. The summed E-state index contributed by atoms with van der Waals surface area (Å²) >= 11 is 1.34. The number of methoxy groups -OCH3 is 1. The van der Waals surface area contributed by atoms with E-state index in [1.54, 1.807) is 12.1 Å². The molecule has 0 aliphatic carbocycles. The highest BCUT2D eigenvalue weighted by molar-refractivity contribution is 7.99. The Hall–Kier alpha value is -2.26. The van der Waals surface area contributed by atoms with Crippen LogP contribution in [0, 0.1) is 5.82 Å². The summed E-state index contributed by atoms with van der Waals surface area (Å²) in [6.45, 7) is 0.383. The number of thioether (sulfide) groups is 1. The Morgan fingerprint density at radius 2 is 1.82 bits per heavy atom. The lowest BCUT2D eigenvalue weighted by atomic mass is 10.1. The molecule has 0 saturated heterocycles. The van der Waals surface area contributed by atoms with Crippen LogP contribution in [0.15, 0.2) is 47.4 Å². The maximum Gasteiger partial charge on any atom is 0.416 e. The Morgan fingerprint density at radius 3 is 2.46 bits per heavy atom. The number of carbonyl (C=O) groups is 1. The first-order valence-corrected chi connectivity index (χ1v) is 9.29. The fourth-order valence-electron chi connectivity index (χ4n) is 2.17. The molecule has 0 aliphatic heterocycles. The monoisotopic (exact) mass is 417 g/mol. The van der Waals surface area contributed by atoms with Crippen molar-refractivity contribution in [2.24, 2.45) is 0 Å². The first kappa shape index (κ1) is 22.0. The fraction of sp³-hybridized carbons (Fsp3) is 0.316. The summed E-state index contributed by atoms with van der Waals surface area (Å²) < 4.78 is 62.0. The molecule has 2 aromatic carbocycles. The Kier molecular flexibility index (Phi) is 8.13. The third-order valence-electron chi connectivity index (χ3n) is 3.54. The van der Waals surface area contributed by atoms with Gasteiger partial charge in [0.1, 0.15) is 18.2 Å². The molecule has 1 N–H and O–H groups in total. The second-order valence-corrected chi connectivity index (χ2v) is 6.82. The summed E-state index contributed by atoms with van der Waals surface area (Å²) in [5, 5.41) is 2.47. The molecule has 0 heterocycles. The average molecular weight is 417 g/mol. The topological polar surface area (TPSA) is 47.6 Å². The molecular formula is C19H19F4NO3S. The van der Waals surface area contributed by atoms with Gasteiger partial charge in [-0.15, -0.1) is 11.8 Å². The molecule has 0 saturated carbocycles. The lowest BCUT2D eigenvalue weighted by Crippen LogP contribution is -2.15. The average Bonchev–Trinajstić information content (AvgIpc) is 2.64. The maximum atomic E-state index is 13.0. The molecule has 2 rings (SSSR count). The minimum Gasteiger partial charge on any atom is -0.489 e.